The Balaban J connectivity index is 1.50. The molecule has 0 spiro atoms. The maximum atomic E-state index is 14.4. The highest BCUT2D eigenvalue weighted by atomic mass is 19.1. The van der Waals surface area contributed by atoms with E-state index < -0.39 is 0 Å². The first-order valence-electron chi connectivity index (χ1n) is 10.3. The lowest BCUT2D eigenvalue weighted by molar-refractivity contribution is 0.631. The zero-order chi connectivity index (χ0) is 20.8. The molecule has 5 heterocycles. The number of nitrogens with one attached hydrogen (secondary N) is 3. The lowest BCUT2D eigenvalue weighted by atomic mass is 10.0. The molecule has 31 heavy (non-hydrogen) atoms. The van der Waals surface area contributed by atoms with E-state index in [-0.39, 0.29) is 5.82 Å². The van der Waals surface area contributed by atoms with Gasteiger partial charge in [-0.25, -0.2) is 9.37 Å². The third-order valence-electron chi connectivity index (χ3n) is 5.79. The molecule has 0 saturated carbocycles. The van der Waals surface area contributed by atoms with E-state index in [1.165, 1.54) is 11.6 Å². The van der Waals surface area contributed by atoms with Crippen molar-refractivity contribution in [3.8, 4) is 22.5 Å². The summed E-state index contributed by atoms with van der Waals surface area (Å²) in [4.78, 5) is 12.4. The van der Waals surface area contributed by atoms with Gasteiger partial charge in [-0.2, -0.15) is 5.10 Å². The second-order valence-electron chi connectivity index (χ2n) is 7.65. The second kappa shape index (κ2) is 7.14. The number of pyridine rings is 2. The summed E-state index contributed by atoms with van der Waals surface area (Å²) in [6, 6.07) is 12.7. The molecule has 7 heteroatoms. The predicted molar refractivity (Wildman–Crippen MR) is 120 cm³/mol. The Morgan fingerprint density at radius 3 is 2.77 bits per heavy atom. The summed E-state index contributed by atoms with van der Waals surface area (Å²) in [5, 5.41) is 12.8. The van der Waals surface area contributed by atoms with E-state index in [0.29, 0.717) is 11.2 Å². The average Bonchev–Trinajstić information content (AvgIpc) is 3.43. The van der Waals surface area contributed by atoms with Gasteiger partial charge in [0.1, 0.15) is 17.2 Å². The SMILES string of the molecule is Fc1ccccc1-c1ccnc2[nH]c(-c3n[nH]c4cnc(C5=CCNCC5)cc34)cc12. The van der Waals surface area contributed by atoms with Crippen molar-refractivity contribution in [3.05, 3.63) is 72.4 Å². The first-order chi connectivity index (χ1) is 15.3. The molecule has 6 nitrogen and oxygen atoms in total. The molecule has 0 aliphatic carbocycles. The van der Waals surface area contributed by atoms with Crippen molar-refractivity contribution < 1.29 is 4.39 Å². The van der Waals surface area contributed by atoms with Crippen molar-refractivity contribution in [2.24, 2.45) is 0 Å². The molecule has 0 amide bonds. The number of rotatable bonds is 3. The summed E-state index contributed by atoms with van der Waals surface area (Å²) >= 11 is 0. The van der Waals surface area contributed by atoms with Crippen LogP contribution in [0.15, 0.2) is 60.9 Å². The smallest absolute Gasteiger partial charge is 0.138 e. The molecule has 0 bridgehead atoms. The van der Waals surface area contributed by atoms with E-state index in [4.69, 9.17) is 0 Å². The summed E-state index contributed by atoms with van der Waals surface area (Å²) in [6.07, 6.45) is 6.66. The van der Waals surface area contributed by atoms with Gasteiger partial charge in [0.25, 0.3) is 0 Å². The van der Waals surface area contributed by atoms with Crippen LogP contribution in [-0.2, 0) is 0 Å². The summed E-state index contributed by atoms with van der Waals surface area (Å²) in [5.41, 5.74) is 6.76. The van der Waals surface area contributed by atoms with Crippen LogP contribution < -0.4 is 5.32 Å². The molecule has 3 N–H and O–H groups in total. The van der Waals surface area contributed by atoms with Gasteiger partial charge >= 0.3 is 0 Å². The highest BCUT2D eigenvalue weighted by Gasteiger charge is 2.17. The van der Waals surface area contributed by atoms with Crippen LogP contribution in [0.5, 0.6) is 0 Å². The summed E-state index contributed by atoms with van der Waals surface area (Å²) in [6.45, 7) is 1.82. The standard InChI is InChI=1S/C24H19FN6/c25-19-4-2-1-3-16(19)15-7-10-27-24-17(15)11-21(29-24)23-18-12-20(14-5-8-26-9-6-14)28-13-22(18)30-31-23/h1-5,7,10-13,26H,6,8-9H2,(H,27,29)(H,30,31). The third kappa shape index (κ3) is 3.02. The van der Waals surface area contributed by atoms with Crippen molar-refractivity contribution in [3.63, 3.8) is 0 Å². The number of hydrogen-bond acceptors (Lipinski definition) is 4. The van der Waals surface area contributed by atoms with Crippen LogP contribution in [0.1, 0.15) is 12.1 Å². The van der Waals surface area contributed by atoms with Crippen molar-refractivity contribution in [2.75, 3.05) is 13.1 Å². The van der Waals surface area contributed by atoms with Crippen LogP contribution in [0.4, 0.5) is 4.39 Å². The molecule has 0 saturated heterocycles. The Morgan fingerprint density at radius 2 is 1.90 bits per heavy atom. The van der Waals surface area contributed by atoms with Crippen molar-refractivity contribution in [1.29, 1.82) is 0 Å². The maximum Gasteiger partial charge on any atom is 0.138 e. The Kier molecular flexibility index (Phi) is 4.14. The van der Waals surface area contributed by atoms with Crippen molar-refractivity contribution >= 4 is 27.5 Å². The van der Waals surface area contributed by atoms with E-state index in [9.17, 15) is 4.39 Å². The van der Waals surface area contributed by atoms with Crippen molar-refractivity contribution in [1.82, 2.24) is 30.5 Å². The molecular formula is C24H19FN6. The van der Waals surface area contributed by atoms with E-state index in [2.05, 4.69) is 42.6 Å². The van der Waals surface area contributed by atoms with Gasteiger partial charge < -0.3 is 10.3 Å². The van der Waals surface area contributed by atoms with Gasteiger partial charge in [0, 0.05) is 29.1 Å². The zero-order valence-corrected chi connectivity index (χ0v) is 16.6. The van der Waals surface area contributed by atoms with E-state index in [0.717, 1.165) is 58.4 Å². The van der Waals surface area contributed by atoms with Crippen molar-refractivity contribution in [2.45, 2.75) is 6.42 Å². The molecule has 4 aromatic heterocycles. The lowest BCUT2D eigenvalue weighted by Crippen LogP contribution is -2.20. The van der Waals surface area contributed by atoms with Crippen LogP contribution in [0.25, 0.3) is 50.0 Å². The predicted octanol–water partition coefficient (Wildman–Crippen LogP) is 4.68. The minimum Gasteiger partial charge on any atom is -0.338 e. The summed E-state index contributed by atoms with van der Waals surface area (Å²) < 4.78 is 14.4. The Hall–Kier alpha value is -3.84. The molecule has 0 atom stereocenters. The number of hydrogen-bond donors (Lipinski definition) is 3. The zero-order valence-electron chi connectivity index (χ0n) is 16.6. The van der Waals surface area contributed by atoms with E-state index in [1.54, 1.807) is 18.3 Å². The third-order valence-corrected chi connectivity index (χ3v) is 5.79. The van der Waals surface area contributed by atoms with Crippen LogP contribution >= 0.6 is 0 Å². The molecule has 1 aliphatic rings. The van der Waals surface area contributed by atoms with Crippen LogP contribution in [0.3, 0.4) is 0 Å². The Morgan fingerprint density at radius 1 is 0.968 bits per heavy atom. The largest absolute Gasteiger partial charge is 0.338 e. The van der Waals surface area contributed by atoms with E-state index in [1.807, 2.05) is 24.4 Å². The molecule has 1 aromatic carbocycles. The molecular weight excluding hydrogens is 391 g/mol. The molecule has 5 aromatic rings. The fourth-order valence-corrected chi connectivity index (χ4v) is 4.22. The molecule has 1 aliphatic heterocycles. The van der Waals surface area contributed by atoms with Crippen LogP contribution in [0.2, 0.25) is 0 Å². The molecule has 6 rings (SSSR count). The molecule has 0 radical (unpaired) electrons. The number of nitrogens with zero attached hydrogens (tertiary/aromatic N) is 3. The highest BCUT2D eigenvalue weighted by molar-refractivity contribution is 6.00. The monoisotopic (exact) mass is 410 g/mol. The average molecular weight is 410 g/mol. The quantitative estimate of drug-likeness (QED) is 0.403. The number of aromatic amines is 2. The van der Waals surface area contributed by atoms with Gasteiger partial charge in [-0.05, 0) is 48.4 Å². The first-order valence-corrected chi connectivity index (χ1v) is 10.3. The molecule has 152 valence electrons. The minimum atomic E-state index is -0.256. The number of benzene rings is 1. The van der Waals surface area contributed by atoms with E-state index >= 15 is 0 Å². The highest BCUT2D eigenvalue weighted by Crippen LogP contribution is 2.34. The fourth-order valence-electron chi connectivity index (χ4n) is 4.22. The summed E-state index contributed by atoms with van der Waals surface area (Å²) in [7, 11) is 0. The fraction of sp³-hybridized carbons (Fsp3) is 0.125. The second-order valence-corrected chi connectivity index (χ2v) is 7.65. The lowest BCUT2D eigenvalue weighted by Gasteiger charge is -2.13. The molecule has 0 unspecified atom stereocenters. The van der Waals surface area contributed by atoms with Gasteiger partial charge in [0.05, 0.1) is 23.1 Å². The minimum absolute atomic E-state index is 0.256. The molecule has 0 fully saturated rings. The van der Waals surface area contributed by atoms with Gasteiger partial charge in [-0.3, -0.25) is 10.1 Å². The topological polar surface area (TPSA) is 82.3 Å². The Bertz CT molecular complexity index is 1460. The number of aromatic nitrogens is 5. The summed E-state index contributed by atoms with van der Waals surface area (Å²) in [5.74, 6) is -0.256. The van der Waals surface area contributed by atoms with Gasteiger partial charge in [-0.15, -0.1) is 0 Å². The Labute approximate surface area is 177 Å². The maximum absolute atomic E-state index is 14.4. The van der Waals surface area contributed by atoms with Crippen LogP contribution in [-0.4, -0.2) is 38.2 Å². The van der Waals surface area contributed by atoms with Gasteiger partial charge in [0.2, 0.25) is 0 Å². The van der Waals surface area contributed by atoms with Gasteiger partial charge in [-0.1, -0.05) is 24.3 Å². The number of H-pyrrole nitrogens is 2. The number of fused-ring (bicyclic) bond motifs is 2. The number of halogens is 1. The van der Waals surface area contributed by atoms with Gasteiger partial charge in [0.15, 0.2) is 0 Å². The first kappa shape index (κ1) is 18.0. The van der Waals surface area contributed by atoms with Crippen LogP contribution in [0, 0.1) is 5.82 Å². The normalized spacial score (nSPS) is 14.3.